The number of hydrogen-bond donors (Lipinski definition) is 1. The second-order valence-corrected chi connectivity index (χ2v) is 3.83. The highest BCUT2D eigenvalue weighted by atomic mass is 16.7. The maximum Gasteiger partial charge on any atom is 0.308 e. The molecule has 2 aromatic rings. The molecule has 92 valence electrons. The predicted molar refractivity (Wildman–Crippen MR) is 59.4 cm³/mol. The molecule has 0 atom stereocenters. The fraction of sp³-hybridized carbons (Fsp3) is 0.167. The van der Waals surface area contributed by atoms with Crippen molar-refractivity contribution in [2.24, 2.45) is 0 Å². The van der Waals surface area contributed by atoms with Crippen LogP contribution in [0.2, 0.25) is 0 Å². The van der Waals surface area contributed by atoms with Crippen molar-refractivity contribution in [3.8, 4) is 22.8 Å². The number of carboxylic acids is 1. The van der Waals surface area contributed by atoms with Crippen LogP contribution in [-0.2, 0) is 11.2 Å². The predicted octanol–water partition coefficient (Wildman–Crippen LogP) is 1.70. The molecule has 0 saturated heterocycles. The van der Waals surface area contributed by atoms with E-state index in [9.17, 15) is 4.79 Å². The van der Waals surface area contributed by atoms with Gasteiger partial charge < -0.3 is 19.1 Å². The van der Waals surface area contributed by atoms with E-state index in [4.69, 9.17) is 19.1 Å². The molecule has 0 spiro atoms. The average molecular weight is 247 g/mol. The number of aliphatic carboxylic acids is 1. The van der Waals surface area contributed by atoms with E-state index >= 15 is 0 Å². The molecule has 0 fully saturated rings. The molecule has 6 nitrogen and oxygen atoms in total. The Kier molecular flexibility index (Phi) is 2.40. The Morgan fingerprint density at radius 2 is 2.17 bits per heavy atom. The summed E-state index contributed by atoms with van der Waals surface area (Å²) < 4.78 is 15.3. The van der Waals surface area contributed by atoms with E-state index in [1.807, 2.05) is 0 Å². The maximum atomic E-state index is 10.7. The zero-order valence-electron chi connectivity index (χ0n) is 9.25. The van der Waals surface area contributed by atoms with Crippen LogP contribution in [0.1, 0.15) is 5.56 Å². The van der Waals surface area contributed by atoms with Crippen LogP contribution in [0, 0.1) is 0 Å². The summed E-state index contributed by atoms with van der Waals surface area (Å²) in [5.74, 6) is 0.360. The van der Waals surface area contributed by atoms with E-state index in [-0.39, 0.29) is 13.2 Å². The number of aromatic nitrogens is 1. The van der Waals surface area contributed by atoms with Gasteiger partial charge in [0.2, 0.25) is 6.79 Å². The van der Waals surface area contributed by atoms with Crippen molar-refractivity contribution in [1.29, 1.82) is 0 Å². The molecule has 0 aliphatic carbocycles. The number of ether oxygens (including phenoxy) is 2. The Morgan fingerprint density at radius 3 is 3.00 bits per heavy atom. The second kappa shape index (κ2) is 4.06. The molecular formula is C12H9NO5. The van der Waals surface area contributed by atoms with Gasteiger partial charge >= 0.3 is 5.97 Å². The summed E-state index contributed by atoms with van der Waals surface area (Å²) in [5, 5.41) is 12.6. The molecule has 0 saturated carbocycles. The zero-order chi connectivity index (χ0) is 12.5. The number of carboxylic acid groups (broad SMARTS) is 1. The first-order valence-electron chi connectivity index (χ1n) is 5.29. The molecule has 6 heteroatoms. The Morgan fingerprint density at radius 1 is 1.33 bits per heavy atom. The first kappa shape index (κ1) is 10.6. The Hall–Kier alpha value is -2.50. The number of fused-ring (bicyclic) bond motifs is 1. The summed E-state index contributed by atoms with van der Waals surface area (Å²) in [7, 11) is 0. The summed E-state index contributed by atoms with van der Waals surface area (Å²) >= 11 is 0. The molecular weight excluding hydrogens is 238 g/mol. The molecule has 3 rings (SSSR count). The number of benzene rings is 1. The van der Waals surface area contributed by atoms with Crippen LogP contribution in [0.15, 0.2) is 29.0 Å². The van der Waals surface area contributed by atoms with E-state index < -0.39 is 5.97 Å². The fourth-order valence-electron chi connectivity index (χ4n) is 1.83. The summed E-state index contributed by atoms with van der Waals surface area (Å²) in [5.41, 5.74) is 1.78. The average Bonchev–Trinajstić information content (AvgIpc) is 2.95. The highest BCUT2D eigenvalue weighted by Crippen LogP contribution is 2.36. The number of nitrogens with zero attached hydrogens (tertiary/aromatic N) is 1. The molecule has 0 radical (unpaired) electrons. The summed E-state index contributed by atoms with van der Waals surface area (Å²) in [4.78, 5) is 10.7. The van der Waals surface area contributed by atoms with Crippen molar-refractivity contribution < 1.29 is 23.9 Å². The minimum atomic E-state index is -0.930. The van der Waals surface area contributed by atoms with Crippen LogP contribution in [0.5, 0.6) is 11.5 Å². The van der Waals surface area contributed by atoms with Gasteiger partial charge in [-0.25, -0.2) is 0 Å². The molecule has 0 unspecified atom stereocenters. The smallest absolute Gasteiger partial charge is 0.308 e. The summed E-state index contributed by atoms with van der Waals surface area (Å²) in [6.45, 7) is 0.194. The van der Waals surface area contributed by atoms with Crippen LogP contribution in [0.4, 0.5) is 0 Å². The van der Waals surface area contributed by atoms with E-state index in [1.165, 1.54) is 6.26 Å². The summed E-state index contributed by atoms with van der Waals surface area (Å²) in [6, 6.07) is 5.30. The largest absolute Gasteiger partial charge is 0.481 e. The molecule has 1 aliphatic heterocycles. The van der Waals surface area contributed by atoms with Gasteiger partial charge in [-0.05, 0) is 18.2 Å². The SMILES string of the molecule is O=C(O)Cc1conc1-c1ccc2c(c1)OCO2. The molecule has 0 amide bonds. The van der Waals surface area contributed by atoms with Crippen molar-refractivity contribution in [1.82, 2.24) is 5.16 Å². The van der Waals surface area contributed by atoms with Crippen molar-refractivity contribution in [2.75, 3.05) is 6.79 Å². The van der Waals surface area contributed by atoms with Crippen LogP contribution < -0.4 is 9.47 Å². The molecule has 2 heterocycles. The zero-order valence-corrected chi connectivity index (χ0v) is 9.25. The van der Waals surface area contributed by atoms with Gasteiger partial charge in [-0.15, -0.1) is 0 Å². The lowest BCUT2D eigenvalue weighted by Gasteiger charge is -2.01. The Bertz CT molecular complexity index is 604. The van der Waals surface area contributed by atoms with E-state index in [2.05, 4.69) is 5.16 Å². The number of rotatable bonds is 3. The van der Waals surface area contributed by atoms with Gasteiger partial charge in [0.05, 0.1) is 6.42 Å². The normalized spacial score (nSPS) is 12.7. The molecule has 0 bridgehead atoms. The topological polar surface area (TPSA) is 81.8 Å². The third kappa shape index (κ3) is 1.77. The third-order valence-corrected chi connectivity index (χ3v) is 2.63. The third-order valence-electron chi connectivity index (χ3n) is 2.63. The van der Waals surface area contributed by atoms with Crippen LogP contribution in [0.25, 0.3) is 11.3 Å². The quantitative estimate of drug-likeness (QED) is 0.888. The van der Waals surface area contributed by atoms with Crippen molar-refractivity contribution >= 4 is 5.97 Å². The second-order valence-electron chi connectivity index (χ2n) is 3.83. The van der Waals surface area contributed by atoms with E-state index in [0.29, 0.717) is 22.8 Å². The Balaban J connectivity index is 1.99. The Labute approximate surface area is 102 Å². The first-order valence-corrected chi connectivity index (χ1v) is 5.29. The standard InChI is InChI=1S/C12H9NO5/c14-11(15)4-8-5-18-13-12(8)7-1-2-9-10(3-7)17-6-16-9/h1-3,5H,4,6H2,(H,14,15). The lowest BCUT2D eigenvalue weighted by molar-refractivity contribution is -0.136. The van der Waals surface area contributed by atoms with Gasteiger partial charge in [-0.3, -0.25) is 4.79 Å². The van der Waals surface area contributed by atoms with Gasteiger partial charge in [0, 0.05) is 11.1 Å². The minimum Gasteiger partial charge on any atom is -0.481 e. The van der Waals surface area contributed by atoms with E-state index in [1.54, 1.807) is 18.2 Å². The van der Waals surface area contributed by atoms with Gasteiger partial charge in [0.15, 0.2) is 11.5 Å². The highest BCUT2D eigenvalue weighted by molar-refractivity contribution is 5.75. The van der Waals surface area contributed by atoms with Crippen molar-refractivity contribution in [2.45, 2.75) is 6.42 Å². The number of hydrogen-bond acceptors (Lipinski definition) is 5. The lowest BCUT2D eigenvalue weighted by atomic mass is 10.1. The minimum absolute atomic E-state index is 0.132. The van der Waals surface area contributed by atoms with E-state index in [0.717, 1.165) is 5.56 Å². The number of carbonyl (C=O) groups is 1. The lowest BCUT2D eigenvalue weighted by Crippen LogP contribution is -2.00. The van der Waals surface area contributed by atoms with Gasteiger partial charge in [0.1, 0.15) is 12.0 Å². The molecule has 1 aliphatic rings. The van der Waals surface area contributed by atoms with Crippen LogP contribution in [0.3, 0.4) is 0 Å². The van der Waals surface area contributed by atoms with Crippen LogP contribution in [-0.4, -0.2) is 23.0 Å². The maximum absolute atomic E-state index is 10.7. The summed E-state index contributed by atoms with van der Waals surface area (Å²) in [6.07, 6.45) is 1.21. The molecule has 1 aromatic carbocycles. The van der Waals surface area contributed by atoms with Crippen molar-refractivity contribution in [3.63, 3.8) is 0 Å². The molecule has 1 aromatic heterocycles. The fourth-order valence-corrected chi connectivity index (χ4v) is 1.83. The highest BCUT2D eigenvalue weighted by Gasteiger charge is 2.18. The molecule has 18 heavy (non-hydrogen) atoms. The van der Waals surface area contributed by atoms with Crippen molar-refractivity contribution in [3.05, 3.63) is 30.0 Å². The van der Waals surface area contributed by atoms with Gasteiger partial charge in [0.25, 0.3) is 0 Å². The van der Waals surface area contributed by atoms with Crippen LogP contribution >= 0.6 is 0 Å². The van der Waals surface area contributed by atoms with Gasteiger partial charge in [-0.1, -0.05) is 5.16 Å². The first-order chi connectivity index (χ1) is 8.74. The van der Waals surface area contributed by atoms with Gasteiger partial charge in [-0.2, -0.15) is 0 Å². The molecule has 1 N–H and O–H groups in total. The monoisotopic (exact) mass is 247 g/mol.